The van der Waals surface area contributed by atoms with Crippen LogP contribution in [0.5, 0.6) is 0 Å². The van der Waals surface area contributed by atoms with E-state index in [0.717, 1.165) is 5.56 Å². The predicted molar refractivity (Wildman–Crippen MR) is 125 cm³/mol. The number of anilines is 2. The summed E-state index contributed by atoms with van der Waals surface area (Å²) in [6.45, 7) is 3.35. The van der Waals surface area contributed by atoms with E-state index in [1.165, 1.54) is 29.0 Å². The summed E-state index contributed by atoms with van der Waals surface area (Å²) < 4.78 is 27.1. The average Bonchev–Trinajstić information content (AvgIpc) is 2.87. The van der Waals surface area contributed by atoms with Crippen molar-refractivity contribution >= 4 is 39.1 Å². The number of carbonyl (C=O) groups excluding carboxylic acids is 3. The van der Waals surface area contributed by atoms with Gasteiger partial charge in [-0.2, -0.15) is 0 Å². The molecule has 0 saturated heterocycles. The second kappa shape index (κ2) is 10.1. The smallest absolute Gasteiger partial charge is 0.246 e. The van der Waals surface area contributed by atoms with Gasteiger partial charge in [0, 0.05) is 32.5 Å². The molecule has 0 aliphatic carbocycles. The van der Waals surface area contributed by atoms with Crippen molar-refractivity contribution in [3.05, 3.63) is 54.1 Å². The molecular formula is C23H28N4O5S. The number of hydrogen-bond donors (Lipinski definition) is 2. The first-order chi connectivity index (χ1) is 15.6. The lowest BCUT2D eigenvalue weighted by Gasteiger charge is -2.29. The van der Waals surface area contributed by atoms with Gasteiger partial charge in [-0.25, -0.2) is 13.1 Å². The molecule has 0 bridgehead atoms. The molecule has 9 nitrogen and oxygen atoms in total. The van der Waals surface area contributed by atoms with E-state index in [1.807, 2.05) is 6.92 Å². The van der Waals surface area contributed by atoms with Crippen molar-refractivity contribution in [2.45, 2.75) is 37.6 Å². The third-order valence-electron chi connectivity index (χ3n) is 5.39. The molecule has 2 aromatic carbocycles. The summed E-state index contributed by atoms with van der Waals surface area (Å²) in [5.74, 6) is -0.891. The van der Waals surface area contributed by atoms with E-state index in [9.17, 15) is 22.8 Å². The summed E-state index contributed by atoms with van der Waals surface area (Å²) >= 11 is 0. The van der Waals surface area contributed by atoms with Gasteiger partial charge in [0.05, 0.1) is 22.8 Å². The Morgan fingerprint density at radius 2 is 1.82 bits per heavy atom. The average molecular weight is 473 g/mol. The molecule has 176 valence electrons. The van der Waals surface area contributed by atoms with Gasteiger partial charge in [-0.05, 0) is 38.1 Å². The predicted octanol–water partition coefficient (Wildman–Crippen LogP) is 1.89. The highest BCUT2D eigenvalue weighted by Crippen LogP contribution is 2.31. The van der Waals surface area contributed by atoms with Crippen molar-refractivity contribution in [2.24, 2.45) is 0 Å². The zero-order valence-electron chi connectivity index (χ0n) is 18.9. The Bertz CT molecular complexity index is 1150. The fourth-order valence-electron chi connectivity index (χ4n) is 3.62. The number of nitrogens with zero attached hydrogens (tertiary/aromatic N) is 2. The second-order valence-corrected chi connectivity index (χ2v) is 9.86. The lowest BCUT2D eigenvalue weighted by Crippen LogP contribution is -2.45. The molecule has 1 atom stereocenters. The fourth-order valence-corrected chi connectivity index (χ4v) is 4.65. The number of likely N-dealkylation sites (N-methyl/N-ethyl adjacent to an activating group) is 1. The summed E-state index contributed by atoms with van der Waals surface area (Å²) in [7, 11) is -2.23. The Kier molecular flexibility index (Phi) is 7.50. The SMILES string of the molecule is Cc1ccc(S(=O)(=O)NCCC(=O)N(C)CC(=O)N2c3ccccc3NC(=O)C[C@@H]2C)cc1. The molecule has 0 fully saturated rings. The number of rotatable bonds is 7. The van der Waals surface area contributed by atoms with Gasteiger partial charge in [-0.3, -0.25) is 14.4 Å². The Balaban J connectivity index is 1.60. The third-order valence-corrected chi connectivity index (χ3v) is 6.87. The van der Waals surface area contributed by atoms with Gasteiger partial charge in [0.2, 0.25) is 27.7 Å². The van der Waals surface area contributed by atoms with Gasteiger partial charge < -0.3 is 15.1 Å². The van der Waals surface area contributed by atoms with Crippen LogP contribution in [-0.2, 0) is 24.4 Å². The number of fused-ring (bicyclic) bond motifs is 1. The summed E-state index contributed by atoms with van der Waals surface area (Å²) in [6, 6.07) is 13.0. The zero-order chi connectivity index (χ0) is 24.2. The maximum absolute atomic E-state index is 13.1. The molecule has 0 aromatic heterocycles. The Morgan fingerprint density at radius 3 is 2.52 bits per heavy atom. The van der Waals surface area contributed by atoms with Gasteiger partial charge in [0.15, 0.2) is 0 Å². The van der Waals surface area contributed by atoms with Gasteiger partial charge in [0.25, 0.3) is 0 Å². The van der Waals surface area contributed by atoms with Crippen molar-refractivity contribution < 1.29 is 22.8 Å². The number of benzene rings is 2. The molecule has 0 unspecified atom stereocenters. The normalized spacial score (nSPS) is 15.9. The molecule has 1 aliphatic heterocycles. The van der Waals surface area contributed by atoms with Crippen LogP contribution in [0.2, 0.25) is 0 Å². The number of carbonyl (C=O) groups is 3. The maximum atomic E-state index is 13.1. The molecule has 0 radical (unpaired) electrons. The van der Waals surface area contributed by atoms with E-state index >= 15 is 0 Å². The Morgan fingerprint density at radius 1 is 1.15 bits per heavy atom. The summed E-state index contributed by atoms with van der Waals surface area (Å²) in [5, 5.41) is 2.79. The van der Waals surface area contributed by atoms with Gasteiger partial charge in [-0.1, -0.05) is 29.8 Å². The van der Waals surface area contributed by atoms with Crippen LogP contribution in [0, 0.1) is 6.92 Å². The molecule has 2 aromatic rings. The second-order valence-electron chi connectivity index (χ2n) is 8.09. The fraction of sp³-hybridized carbons (Fsp3) is 0.348. The first kappa shape index (κ1) is 24.4. The maximum Gasteiger partial charge on any atom is 0.246 e. The van der Waals surface area contributed by atoms with Gasteiger partial charge in [0.1, 0.15) is 0 Å². The van der Waals surface area contributed by atoms with E-state index in [1.54, 1.807) is 43.3 Å². The van der Waals surface area contributed by atoms with Crippen LogP contribution in [0.4, 0.5) is 11.4 Å². The minimum atomic E-state index is -3.72. The van der Waals surface area contributed by atoms with E-state index in [4.69, 9.17) is 0 Å². The largest absolute Gasteiger partial charge is 0.336 e. The number of amides is 3. The molecule has 3 amide bonds. The summed E-state index contributed by atoms with van der Waals surface area (Å²) in [6.07, 6.45) is 0.0416. The molecular weight excluding hydrogens is 444 g/mol. The zero-order valence-corrected chi connectivity index (χ0v) is 19.7. The molecule has 1 aliphatic rings. The van der Waals surface area contributed by atoms with E-state index < -0.39 is 10.0 Å². The van der Waals surface area contributed by atoms with E-state index in [2.05, 4.69) is 10.0 Å². The van der Waals surface area contributed by atoms with E-state index in [0.29, 0.717) is 11.4 Å². The molecule has 0 saturated carbocycles. The lowest BCUT2D eigenvalue weighted by atomic mass is 10.1. The number of sulfonamides is 1. The first-order valence-electron chi connectivity index (χ1n) is 10.6. The lowest BCUT2D eigenvalue weighted by molar-refractivity contribution is -0.134. The molecule has 3 rings (SSSR count). The highest BCUT2D eigenvalue weighted by Gasteiger charge is 2.30. The minimum absolute atomic E-state index is 0.0883. The molecule has 2 N–H and O–H groups in total. The highest BCUT2D eigenvalue weighted by molar-refractivity contribution is 7.89. The van der Waals surface area contributed by atoms with Crippen LogP contribution in [0.15, 0.2) is 53.4 Å². The van der Waals surface area contributed by atoms with Gasteiger partial charge in [-0.15, -0.1) is 0 Å². The minimum Gasteiger partial charge on any atom is -0.336 e. The highest BCUT2D eigenvalue weighted by atomic mass is 32.2. The van der Waals surface area contributed by atoms with Crippen molar-refractivity contribution in [3.8, 4) is 0 Å². The monoisotopic (exact) mass is 472 g/mol. The number of nitrogens with one attached hydrogen (secondary N) is 2. The number of para-hydroxylation sites is 2. The van der Waals surface area contributed by atoms with Crippen molar-refractivity contribution in [2.75, 3.05) is 30.4 Å². The Hall–Kier alpha value is -3.24. The Labute approximate surface area is 193 Å². The van der Waals surface area contributed by atoms with Crippen LogP contribution in [0.3, 0.4) is 0 Å². The topological polar surface area (TPSA) is 116 Å². The molecule has 10 heteroatoms. The quantitative estimate of drug-likeness (QED) is 0.638. The first-order valence-corrected chi connectivity index (χ1v) is 12.1. The van der Waals surface area contributed by atoms with Crippen molar-refractivity contribution in [1.29, 1.82) is 0 Å². The van der Waals surface area contributed by atoms with E-state index in [-0.39, 0.29) is 54.6 Å². The van der Waals surface area contributed by atoms with Crippen LogP contribution < -0.4 is 14.9 Å². The van der Waals surface area contributed by atoms with Crippen LogP contribution in [-0.4, -0.2) is 57.2 Å². The molecule has 33 heavy (non-hydrogen) atoms. The third kappa shape index (κ3) is 5.96. The van der Waals surface area contributed by atoms with Crippen LogP contribution in [0.1, 0.15) is 25.3 Å². The van der Waals surface area contributed by atoms with Gasteiger partial charge >= 0.3 is 0 Å². The van der Waals surface area contributed by atoms with Crippen molar-refractivity contribution in [3.63, 3.8) is 0 Å². The standard InChI is InChI=1S/C23H28N4O5S/c1-16-8-10-18(11-9-16)33(31,32)24-13-12-22(29)26(3)15-23(30)27-17(2)14-21(28)25-19-6-4-5-7-20(19)27/h4-11,17,24H,12-15H2,1-3H3,(H,25,28)/t17-/m0/s1. The number of aryl methyl sites for hydroxylation is 1. The summed E-state index contributed by atoms with van der Waals surface area (Å²) in [5.41, 5.74) is 2.06. The summed E-state index contributed by atoms with van der Waals surface area (Å²) in [4.78, 5) is 40.6. The number of hydrogen-bond acceptors (Lipinski definition) is 5. The van der Waals surface area contributed by atoms with Crippen LogP contribution in [0.25, 0.3) is 0 Å². The molecule has 1 heterocycles. The van der Waals surface area contributed by atoms with Crippen LogP contribution >= 0.6 is 0 Å². The van der Waals surface area contributed by atoms with Crippen molar-refractivity contribution in [1.82, 2.24) is 9.62 Å². The molecule has 0 spiro atoms.